The first-order valence-electron chi connectivity index (χ1n) is 8.06. The second kappa shape index (κ2) is 7.72. The van der Waals surface area contributed by atoms with E-state index in [1.165, 1.54) is 12.1 Å². The molecule has 0 spiro atoms. The van der Waals surface area contributed by atoms with Crippen molar-refractivity contribution in [3.8, 4) is 0 Å². The Bertz CT molecular complexity index is 772. The van der Waals surface area contributed by atoms with Gasteiger partial charge in [0, 0.05) is 42.6 Å². The summed E-state index contributed by atoms with van der Waals surface area (Å²) in [5.41, 5.74) is 0.933. The molecule has 0 radical (unpaired) electrons. The van der Waals surface area contributed by atoms with Gasteiger partial charge in [-0.25, -0.2) is 0 Å². The Balaban J connectivity index is 1.55. The molecular formula is C18H17ClF3N3S. The minimum atomic E-state index is -4.34. The van der Waals surface area contributed by atoms with Gasteiger partial charge in [0.15, 0.2) is 5.11 Å². The van der Waals surface area contributed by atoms with E-state index in [1.54, 1.807) is 0 Å². The standard InChI is InChI=1S/C18H17ClF3N3S/c19-14-2-1-3-16(12-14)24-8-10-25(11-9-24)17(26)23-15-6-4-13(5-7-15)18(20,21)22/h1-7,12H,8-11H2,(H,23,26). The van der Waals surface area contributed by atoms with Crippen LogP contribution in [-0.4, -0.2) is 36.2 Å². The van der Waals surface area contributed by atoms with Crippen molar-refractivity contribution >= 4 is 40.3 Å². The number of alkyl halides is 3. The van der Waals surface area contributed by atoms with Crippen molar-refractivity contribution in [3.63, 3.8) is 0 Å². The lowest BCUT2D eigenvalue weighted by atomic mass is 10.2. The highest BCUT2D eigenvalue weighted by Crippen LogP contribution is 2.30. The van der Waals surface area contributed by atoms with Crippen LogP contribution in [0.4, 0.5) is 24.5 Å². The van der Waals surface area contributed by atoms with Gasteiger partial charge in [-0.3, -0.25) is 0 Å². The maximum atomic E-state index is 12.6. The Kier molecular flexibility index (Phi) is 5.58. The summed E-state index contributed by atoms with van der Waals surface area (Å²) in [4.78, 5) is 4.23. The van der Waals surface area contributed by atoms with E-state index in [0.717, 1.165) is 44.0 Å². The molecule has 0 saturated carbocycles. The first kappa shape index (κ1) is 18.8. The van der Waals surface area contributed by atoms with Crippen LogP contribution in [0.15, 0.2) is 48.5 Å². The van der Waals surface area contributed by atoms with E-state index in [0.29, 0.717) is 15.8 Å². The zero-order valence-electron chi connectivity index (χ0n) is 13.8. The number of anilines is 2. The second-order valence-electron chi connectivity index (χ2n) is 5.96. The summed E-state index contributed by atoms with van der Waals surface area (Å²) in [6.45, 7) is 3.02. The average molecular weight is 400 g/mol. The molecule has 0 bridgehead atoms. The number of thiocarbonyl (C=S) groups is 1. The molecule has 0 atom stereocenters. The van der Waals surface area contributed by atoms with E-state index in [2.05, 4.69) is 10.2 Å². The first-order chi connectivity index (χ1) is 12.3. The molecule has 0 unspecified atom stereocenters. The molecule has 0 aromatic heterocycles. The fourth-order valence-corrected chi connectivity index (χ4v) is 3.27. The quantitative estimate of drug-likeness (QED) is 0.725. The molecule has 1 fully saturated rings. The summed E-state index contributed by atoms with van der Waals surface area (Å²) in [6, 6.07) is 12.6. The molecule has 0 aliphatic carbocycles. The van der Waals surface area contributed by atoms with Crippen LogP contribution in [0.25, 0.3) is 0 Å². The minimum Gasteiger partial charge on any atom is -0.368 e. The van der Waals surface area contributed by atoms with Gasteiger partial charge in [0.1, 0.15) is 0 Å². The maximum Gasteiger partial charge on any atom is 0.416 e. The summed E-state index contributed by atoms with van der Waals surface area (Å²) >= 11 is 11.4. The second-order valence-corrected chi connectivity index (χ2v) is 6.78. The molecular weight excluding hydrogens is 383 g/mol. The van der Waals surface area contributed by atoms with Crippen LogP contribution in [0.3, 0.4) is 0 Å². The summed E-state index contributed by atoms with van der Waals surface area (Å²) in [6.07, 6.45) is -4.34. The SMILES string of the molecule is FC(F)(F)c1ccc(NC(=S)N2CCN(c3cccc(Cl)c3)CC2)cc1. The van der Waals surface area contributed by atoms with Crippen LogP contribution in [-0.2, 0) is 6.18 Å². The third-order valence-corrected chi connectivity index (χ3v) is 4.80. The average Bonchev–Trinajstić information content (AvgIpc) is 2.61. The predicted octanol–water partition coefficient (Wildman–Crippen LogP) is 4.88. The highest BCUT2D eigenvalue weighted by Gasteiger charge is 2.30. The number of benzene rings is 2. The number of halogens is 4. The van der Waals surface area contributed by atoms with E-state index >= 15 is 0 Å². The fraction of sp³-hybridized carbons (Fsp3) is 0.278. The Morgan fingerprint density at radius 1 is 1.00 bits per heavy atom. The maximum absolute atomic E-state index is 12.6. The first-order valence-corrected chi connectivity index (χ1v) is 8.85. The van der Waals surface area contributed by atoms with Crippen molar-refractivity contribution in [3.05, 3.63) is 59.1 Å². The van der Waals surface area contributed by atoms with E-state index in [-0.39, 0.29) is 0 Å². The Morgan fingerprint density at radius 2 is 1.65 bits per heavy atom. The van der Waals surface area contributed by atoms with Crippen molar-refractivity contribution in [1.29, 1.82) is 0 Å². The van der Waals surface area contributed by atoms with Crippen molar-refractivity contribution < 1.29 is 13.2 Å². The van der Waals surface area contributed by atoms with Crippen LogP contribution < -0.4 is 10.2 Å². The van der Waals surface area contributed by atoms with Crippen molar-refractivity contribution in [2.24, 2.45) is 0 Å². The molecule has 3 rings (SSSR count). The van der Waals surface area contributed by atoms with Crippen LogP contribution in [0.5, 0.6) is 0 Å². The largest absolute Gasteiger partial charge is 0.416 e. The van der Waals surface area contributed by atoms with E-state index in [9.17, 15) is 13.2 Å². The van der Waals surface area contributed by atoms with Gasteiger partial charge in [0.25, 0.3) is 0 Å². The van der Waals surface area contributed by atoms with Crippen LogP contribution in [0.2, 0.25) is 5.02 Å². The molecule has 1 aliphatic rings. The molecule has 1 saturated heterocycles. The predicted molar refractivity (Wildman–Crippen MR) is 103 cm³/mol. The molecule has 26 heavy (non-hydrogen) atoms. The summed E-state index contributed by atoms with van der Waals surface area (Å²) in [5.74, 6) is 0. The summed E-state index contributed by atoms with van der Waals surface area (Å²) in [5, 5.41) is 4.21. The van der Waals surface area contributed by atoms with Gasteiger partial charge in [-0.2, -0.15) is 13.2 Å². The summed E-state index contributed by atoms with van der Waals surface area (Å²) < 4.78 is 37.8. The number of rotatable bonds is 2. The highest BCUT2D eigenvalue weighted by molar-refractivity contribution is 7.80. The normalized spacial score (nSPS) is 15.1. The lowest BCUT2D eigenvalue weighted by molar-refractivity contribution is -0.137. The third-order valence-electron chi connectivity index (χ3n) is 4.20. The third kappa shape index (κ3) is 4.59. The number of nitrogens with zero attached hydrogens (tertiary/aromatic N) is 2. The monoisotopic (exact) mass is 399 g/mol. The van der Waals surface area contributed by atoms with Gasteiger partial charge in [0.2, 0.25) is 0 Å². The molecule has 3 nitrogen and oxygen atoms in total. The molecule has 0 amide bonds. The van der Waals surface area contributed by atoms with E-state index < -0.39 is 11.7 Å². The van der Waals surface area contributed by atoms with E-state index in [1.807, 2.05) is 29.2 Å². The Labute approximate surface area is 160 Å². The van der Waals surface area contributed by atoms with Crippen molar-refractivity contribution in [2.75, 3.05) is 36.4 Å². The molecule has 1 aliphatic heterocycles. The van der Waals surface area contributed by atoms with Gasteiger partial charge in [-0.05, 0) is 54.7 Å². The van der Waals surface area contributed by atoms with Crippen LogP contribution >= 0.6 is 23.8 Å². The van der Waals surface area contributed by atoms with Gasteiger partial charge < -0.3 is 15.1 Å². The smallest absolute Gasteiger partial charge is 0.368 e. The number of piperazine rings is 1. The molecule has 138 valence electrons. The van der Waals surface area contributed by atoms with Gasteiger partial charge in [0.05, 0.1) is 5.56 Å². The summed E-state index contributed by atoms with van der Waals surface area (Å²) in [7, 11) is 0. The highest BCUT2D eigenvalue weighted by atomic mass is 35.5. The minimum absolute atomic E-state index is 0.510. The molecule has 2 aromatic carbocycles. The van der Waals surface area contributed by atoms with Crippen LogP contribution in [0, 0.1) is 0 Å². The van der Waals surface area contributed by atoms with Crippen molar-refractivity contribution in [1.82, 2.24) is 4.90 Å². The zero-order chi connectivity index (χ0) is 18.7. The number of hydrogen-bond donors (Lipinski definition) is 1. The van der Waals surface area contributed by atoms with Crippen LogP contribution in [0.1, 0.15) is 5.56 Å². The lowest BCUT2D eigenvalue weighted by Gasteiger charge is -2.37. The molecule has 2 aromatic rings. The number of hydrogen-bond acceptors (Lipinski definition) is 2. The molecule has 1 N–H and O–H groups in total. The topological polar surface area (TPSA) is 18.5 Å². The van der Waals surface area contributed by atoms with Gasteiger partial charge in [-0.15, -0.1) is 0 Å². The molecule has 1 heterocycles. The van der Waals surface area contributed by atoms with E-state index in [4.69, 9.17) is 23.8 Å². The Hall–Kier alpha value is -1.99. The molecule has 8 heteroatoms. The van der Waals surface area contributed by atoms with Gasteiger partial charge >= 0.3 is 6.18 Å². The Morgan fingerprint density at radius 3 is 2.23 bits per heavy atom. The fourth-order valence-electron chi connectivity index (χ4n) is 2.79. The lowest BCUT2D eigenvalue weighted by Crippen LogP contribution is -2.50. The number of nitrogens with one attached hydrogen (secondary N) is 1. The van der Waals surface area contributed by atoms with Gasteiger partial charge in [-0.1, -0.05) is 17.7 Å². The van der Waals surface area contributed by atoms with Crippen molar-refractivity contribution in [2.45, 2.75) is 6.18 Å². The zero-order valence-corrected chi connectivity index (χ0v) is 15.3.